The first-order chi connectivity index (χ1) is 11.8. The Bertz CT molecular complexity index is 520. The smallest absolute Gasteiger partial charge is 0.0604 e. The molecule has 0 bridgehead atoms. The molecule has 0 aromatic heterocycles. The number of anilines is 2. The molecule has 130 valence electrons. The average Bonchev–Trinajstić information content (AvgIpc) is 2.64. The highest BCUT2D eigenvalue weighted by Crippen LogP contribution is 2.25. The Morgan fingerprint density at radius 2 is 1.17 bits per heavy atom. The third kappa shape index (κ3) is 5.04. The third-order valence-corrected chi connectivity index (χ3v) is 4.03. The number of rotatable bonds is 10. The van der Waals surface area contributed by atoms with Crippen molar-refractivity contribution in [3.8, 4) is 0 Å². The molecule has 3 N–H and O–H groups in total. The van der Waals surface area contributed by atoms with E-state index in [-0.39, 0.29) is 25.9 Å². The van der Waals surface area contributed by atoms with Crippen LogP contribution in [0.15, 0.2) is 60.7 Å². The Hall–Kier alpha value is -1.92. The Labute approximate surface area is 143 Å². The first kappa shape index (κ1) is 18.4. The summed E-state index contributed by atoms with van der Waals surface area (Å²) in [5, 5.41) is 28.4. The molecule has 2 aromatic carbocycles. The van der Waals surface area contributed by atoms with Gasteiger partial charge < -0.3 is 20.2 Å². The molecule has 0 saturated heterocycles. The van der Waals surface area contributed by atoms with E-state index in [1.54, 1.807) is 0 Å². The van der Waals surface area contributed by atoms with Gasteiger partial charge in [-0.25, -0.2) is 0 Å². The molecule has 0 aliphatic heterocycles. The zero-order chi connectivity index (χ0) is 17.2. The first-order valence-corrected chi connectivity index (χ1v) is 8.24. The average molecular weight is 330 g/mol. The van der Waals surface area contributed by atoms with Gasteiger partial charge in [0, 0.05) is 31.0 Å². The van der Waals surface area contributed by atoms with Gasteiger partial charge in [0.05, 0.1) is 25.9 Å². The van der Waals surface area contributed by atoms with Crippen LogP contribution >= 0.6 is 0 Å². The van der Waals surface area contributed by atoms with Crippen LogP contribution in [0.3, 0.4) is 0 Å². The molecule has 24 heavy (non-hydrogen) atoms. The predicted molar refractivity (Wildman–Crippen MR) is 96.5 cm³/mol. The van der Waals surface area contributed by atoms with Crippen LogP contribution in [-0.2, 0) is 0 Å². The van der Waals surface area contributed by atoms with Crippen molar-refractivity contribution in [3.05, 3.63) is 60.7 Å². The largest absolute Gasteiger partial charge is 0.395 e. The van der Waals surface area contributed by atoms with Gasteiger partial charge in [-0.15, -0.1) is 0 Å². The molecule has 0 fully saturated rings. The van der Waals surface area contributed by atoms with E-state index < -0.39 is 0 Å². The lowest BCUT2D eigenvalue weighted by molar-refractivity contribution is 0.0880. The molecule has 2 aromatic rings. The number of hydrogen-bond acceptors (Lipinski definition) is 5. The molecule has 0 aliphatic rings. The van der Waals surface area contributed by atoms with Crippen LogP contribution in [0.5, 0.6) is 0 Å². The zero-order valence-corrected chi connectivity index (χ0v) is 13.8. The minimum Gasteiger partial charge on any atom is -0.395 e. The quantitative estimate of drug-likeness (QED) is 0.616. The summed E-state index contributed by atoms with van der Waals surface area (Å²) in [7, 11) is 0. The predicted octanol–water partition coefficient (Wildman–Crippen LogP) is 1.47. The highest BCUT2D eigenvalue weighted by molar-refractivity contribution is 5.63. The van der Waals surface area contributed by atoms with Crippen molar-refractivity contribution in [3.63, 3.8) is 0 Å². The van der Waals surface area contributed by atoms with Gasteiger partial charge in [0.1, 0.15) is 0 Å². The SMILES string of the molecule is OCCN(CCO)C(CO)CN(c1ccccc1)c1ccccc1. The standard InChI is InChI=1S/C19H26N2O3/c22-13-11-20(12-14-23)19(16-24)15-21(17-7-3-1-4-8-17)18-9-5-2-6-10-18/h1-10,19,22-24H,11-16H2. The number of aliphatic hydroxyl groups is 3. The minimum absolute atomic E-state index is 0.00677. The van der Waals surface area contributed by atoms with Crippen LogP contribution in [0, 0.1) is 0 Å². The van der Waals surface area contributed by atoms with Gasteiger partial charge in [-0.05, 0) is 24.3 Å². The van der Waals surface area contributed by atoms with E-state index in [1.807, 2.05) is 65.6 Å². The van der Waals surface area contributed by atoms with Gasteiger partial charge in [-0.2, -0.15) is 0 Å². The van der Waals surface area contributed by atoms with E-state index in [9.17, 15) is 15.3 Å². The lowest BCUT2D eigenvalue weighted by Crippen LogP contribution is -2.47. The van der Waals surface area contributed by atoms with Crippen molar-refractivity contribution >= 4 is 11.4 Å². The molecule has 1 atom stereocenters. The van der Waals surface area contributed by atoms with E-state index in [4.69, 9.17) is 0 Å². The van der Waals surface area contributed by atoms with Crippen LogP contribution in [-0.4, -0.2) is 65.7 Å². The molecule has 0 aliphatic carbocycles. The van der Waals surface area contributed by atoms with Crippen LogP contribution in [0.2, 0.25) is 0 Å². The fourth-order valence-electron chi connectivity index (χ4n) is 2.81. The highest BCUT2D eigenvalue weighted by Gasteiger charge is 2.21. The van der Waals surface area contributed by atoms with Crippen molar-refractivity contribution in [2.75, 3.05) is 44.4 Å². The second-order valence-corrected chi connectivity index (χ2v) is 5.60. The Morgan fingerprint density at radius 3 is 1.54 bits per heavy atom. The van der Waals surface area contributed by atoms with E-state index in [2.05, 4.69) is 4.90 Å². The van der Waals surface area contributed by atoms with E-state index in [0.29, 0.717) is 19.6 Å². The van der Waals surface area contributed by atoms with Gasteiger partial charge in [0.15, 0.2) is 0 Å². The van der Waals surface area contributed by atoms with Crippen molar-refractivity contribution in [2.24, 2.45) is 0 Å². The van der Waals surface area contributed by atoms with Crippen molar-refractivity contribution in [1.29, 1.82) is 0 Å². The summed E-state index contributed by atoms with van der Waals surface area (Å²) < 4.78 is 0. The van der Waals surface area contributed by atoms with Gasteiger partial charge in [-0.1, -0.05) is 36.4 Å². The van der Waals surface area contributed by atoms with Crippen molar-refractivity contribution < 1.29 is 15.3 Å². The molecule has 0 spiro atoms. The summed E-state index contributed by atoms with van der Waals surface area (Å²) in [5.74, 6) is 0. The molecule has 2 rings (SSSR count). The van der Waals surface area contributed by atoms with E-state index >= 15 is 0 Å². The molecule has 0 saturated carbocycles. The molecule has 5 nitrogen and oxygen atoms in total. The third-order valence-electron chi connectivity index (χ3n) is 4.03. The van der Waals surface area contributed by atoms with Crippen LogP contribution in [0.1, 0.15) is 0 Å². The fraction of sp³-hybridized carbons (Fsp3) is 0.368. The molecule has 0 radical (unpaired) electrons. The number of para-hydroxylation sites is 2. The molecule has 5 heteroatoms. The van der Waals surface area contributed by atoms with Crippen molar-refractivity contribution in [1.82, 2.24) is 4.90 Å². The summed E-state index contributed by atoms with van der Waals surface area (Å²) in [6, 6.07) is 19.8. The number of aliphatic hydroxyl groups excluding tert-OH is 3. The Morgan fingerprint density at radius 1 is 0.708 bits per heavy atom. The highest BCUT2D eigenvalue weighted by atomic mass is 16.3. The van der Waals surface area contributed by atoms with Gasteiger partial charge >= 0.3 is 0 Å². The van der Waals surface area contributed by atoms with E-state index in [0.717, 1.165) is 11.4 Å². The maximum atomic E-state index is 9.86. The Kier molecular flexibility index (Phi) is 7.71. The monoisotopic (exact) mass is 330 g/mol. The van der Waals surface area contributed by atoms with Crippen LogP contribution < -0.4 is 4.90 Å². The number of hydrogen-bond donors (Lipinski definition) is 3. The molecule has 0 amide bonds. The topological polar surface area (TPSA) is 67.2 Å². The zero-order valence-electron chi connectivity index (χ0n) is 13.8. The van der Waals surface area contributed by atoms with Crippen LogP contribution in [0.4, 0.5) is 11.4 Å². The summed E-state index contributed by atoms with van der Waals surface area (Å²) >= 11 is 0. The molecule has 0 heterocycles. The van der Waals surface area contributed by atoms with E-state index in [1.165, 1.54) is 0 Å². The van der Waals surface area contributed by atoms with Crippen LogP contribution in [0.25, 0.3) is 0 Å². The lowest BCUT2D eigenvalue weighted by Gasteiger charge is -2.35. The summed E-state index contributed by atoms with van der Waals surface area (Å²) in [6.45, 7) is 1.34. The second-order valence-electron chi connectivity index (χ2n) is 5.60. The maximum absolute atomic E-state index is 9.86. The Balaban J connectivity index is 2.26. The summed E-state index contributed by atoms with van der Waals surface area (Å²) in [5.41, 5.74) is 2.07. The van der Waals surface area contributed by atoms with Crippen molar-refractivity contribution in [2.45, 2.75) is 6.04 Å². The molecular weight excluding hydrogens is 304 g/mol. The fourth-order valence-corrected chi connectivity index (χ4v) is 2.81. The number of benzene rings is 2. The molecule has 1 unspecified atom stereocenters. The van der Waals surface area contributed by atoms with Gasteiger partial charge in [0.25, 0.3) is 0 Å². The first-order valence-electron chi connectivity index (χ1n) is 8.24. The summed E-state index contributed by atoms with van der Waals surface area (Å²) in [4.78, 5) is 4.06. The normalized spacial score (nSPS) is 12.3. The minimum atomic E-state index is -0.190. The lowest BCUT2D eigenvalue weighted by atomic mass is 10.1. The van der Waals surface area contributed by atoms with Gasteiger partial charge in [0.2, 0.25) is 0 Å². The molecular formula is C19H26N2O3. The summed E-state index contributed by atoms with van der Waals surface area (Å²) in [6.07, 6.45) is 0. The number of nitrogens with zero attached hydrogens (tertiary/aromatic N) is 2. The maximum Gasteiger partial charge on any atom is 0.0604 e. The van der Waals surface area contributed by atoms with Gasteiger partial charge in [-0.3, -0.25) is 4.90 Å². The second kappa shape index (κ2) is 10.1.